The van der Waals surface area contributed by atoms with E-state index in [4.69, 9.17) is 4.74 Å². The van der Waals surface area contributed by atoms with Gasteiger partial charge in [0, 0.05) is 11.4 Å². The minimum absolute atomic E-state index is 0.126. The number of anilines is 4. The molecule has 0 radical (unpaired) electrons. The first kappa shape index (κ1) is 16.6. The maximum atomic E-state index is 13.2. The van der Waals surface area contributed by atoms with E-state index in [1.54, 1.807) is 12.1 Å². The van der Waals surface area contributed by atoms with Crippen LogP contribution in [-0.4, -0.2) is 21.3 Å². The zero-order chi connectivity index (χ0) is 17.6. The first-order valence-corrected chi connectivity index (χ1v) is 7.84. The molecule has 0 bridgehead atoms. The molecule has 128 valence electrons. The van der Waals surface area contributed by atoms with Crippen molar-refractivity contribution in [3.63, 3.8) is 0 Å². The third kappa shape index (κ3) is 4.87. The van der Waals surface area contributed by atoms with Crippen molar-refractivity contribution in [2.75, 3.05) is 10.6 Å². The van der Waals surface area contributed by atoms with Gasteiger partial charge in [0.15, 0.2) is 5.82 Å². The van der Waals surface area contributed by atoms with E-state index in [0.29, 0.717) is 11.5 Å². The second-order valence-corrected chi connectivity index (χ2v) is 5.62. The average Bonchev–Trinajstić information content (AvgIpc) is 2.57. The van der Waals surface area contributed by atoms with Gasteiger partial charge in [-0.2, -0.15) is 10.1 Å². The van der Waals surface area contributed by atoms with Crippen LogP contribution in [0.2, 0.25) is 0 Å². The Morgan fingerprint density at radius 2 is 1.80 bits per heavy atom. The molecule has 0 spiro atoms. The van der Waals surface area contributed by atoms with E-state index in [9.17, 15) is 4.39 Å². The van der Waals surface area contributed by atoms with Crippen LogP contribution in [0.4, 0.5) is 27.5 Å². The summed E-state index contributed by atoms with van der Waals surface area (Å²) < 4.78 is 18.8. The molecule has 2 aromatic carbocycles. The van der Waals surface area contributed by atoms with Crippen molar-refractivity contribution < 1.29 is 9.13 Å². The lowest BCUT2D eigenvalue weighted by Gasteiger charge is -2.11. The van der Waals surface area contributed by atoms with Crippen LogP contribution < -0.4 is 15.4 Å². The van der Waals surface area contributed by atoms with Gasteiger partial charge in [-0.05, 0) is 56.3 Å². The summed E-state index contributed by atoms with van der Waals surface area (Å²) in [5.41, 5.74) is 1.39. The van der Waals surface area contributed by atoms with Gasteiger partial charge in [0.25, 0.3) is 0 Å². The Morgan fingerprint density at radius 1 is 1.00 bits per heavy atom. The summed E-state index contributed by atoms with van der Waals surface area (Å²) in [6.45, 7) is 3.96. The van der Waals surface area contributed by atoms with Crippen LogP contribution in [0.3, 0.4) is 0 Å². The third-order valence-electron chi connectivity index (χ3n) is 3.14. The van der Waals surface area contributed by atoms with E-state index >= 15 is 0 Å². The summed E-state index contributed by atoms with van der Waals surface area (Å²) in [7, 11) is 0. The van der Waals surface area contributed by atoms with Gasteiger partial charge in [-0.25, -0.2) is 4.39 Å². The van der Waals surface area contributed by atoms with Crippen molar-refractivity contribution in [1.82, 2.24) is 15.2 Å². The number of nitrogens with zero attached hydrogens (tertiary/aromatic N) is 3. The van der Waals surface area contributed by atoms with Gasteiger partial charge in [0.2, 0.25) is 5.95 Å². The minimum Gasteiger partial charge on any atom is -0.491 e. The molecule has 3 rings (SSSR count). The summed E-state index contributed by atoms with van der Waals surface area (Å²) in [4.78, 5) is 4.31. The zero-order valence-electron chi connectivity index (χ0n) is 13.9. The van der Waals surface area contributed by atoms with Crippen LogP contribution in [0.5, 0.6) is 5.75 Å². The predicted octanol–water partition coefficient (Wildman–Crippen LogP) is 4.29. The smallest absolute Gasteiger partial charge is 0.249 e. The lowest BCUT2D eigenvalue weighted by molar-refractivity contribution is 0.242. The Bertz CT molecular complexity index is 839. The number of hydrogen-bond donors (Lipinski definition) is 2. The maximum Gasteiger partial charge on any atom is 0.249 e. The topological polar surface area (TPSA) is 72.0 Å². The number of ether oxygens (including phenoxy) is 1. The van der Waals surface area contributed by atoms with Crippen molar-refractivity contribution in [2.45, 2.75) is 20.0 Å². The normalized spacial score (nSPS) is 10.6. The number of nitrogens with one attached hydrogen (secondary N) is 2. The monoisotopic (exact) mass is 339 g/mol. The summed E-state index contributed by atoms with van der Waals surface area (Å²) in [6, 6.07) is 13.6. The van der Waals surface area contributed by atoms with Gasteiger partial charge in [0.1, 0.15) is 11.6 Å². The second kappa shape index (κ2) is 7.57. The number of aromatic nitrogens is 3. The molecule has 1 aromatic heterocycles. The second-order valence-electron chi connectivity index (χ2n) is 5.62. The van der Waals surface area contributed by atoms with Gasteiger partial charge in [-0.3, -0.25) is 0 Å². The lowest BCUT2D eigenvalue weighted by atomic mass is 10.3. The van der Waals surface area contributed by atoms with E-state index in [-0.39, 0.29) is 17.9 Å². The molecular weight excluding hydrogens is 321 g/mol. The predicted molar refractivity (Wildman–Crippen MR) is 95.0 cm³/mol. The standard InChI is InChI=1S/C18H18FN5O/c1-12(2)25-16-8-6-14(7-9-16)21-17-11-20-24-18(23-17)22-15-5-3-4-13(19)10-15/h3-12H,1-2H3,(H2,21,22,23,24). The number of rotatable bonds is 6. The first-order chi connectivity index (χ1) is 12.1. The summed E-state index contributed by atoms with van der Waals surface area (Å²) in [6.07, 6.45) is 1.64. The van der Waals surface area contributed by atoms with Crippen molar-refractivity contribution in [2.24, 2.45) is 0 Å². The molecule has 0 fully saturated rings. The van der Waals surface area contributed by atoms with Crippen LogP contribution in [0.25, 0.3) is 0 Å². The molecule has 6 nitrogen and oxygen atoms in total. The van der Waals surface area contributed by atoms with E-state index in [2.05, 4.69) is 25.8 Å². The molecule has 0 aliphatic carbocycles. The Kier molecular flexibility index (Phi) is 5.03. The number of halogens is 1. The van der Waals surface area contributed by atoms with Crippen molar-refractivity contribution >= 4 is 23.1 Å². The van der Waals surface area contributed by atoms with Gasteiger partial charge in [-0.15, -0.1) is 5.10 Å². The Morgan fingerprint density at radius 3 is 2.52 bits per heavy atom. The highest BCUT2D eigenvalue weighted by atomic mass is 19.1. The lowest BCUT2D eigenvalue weighted by Crippen LogP contribution is -2.05. The molecule has 0 saturated carbocycles. The molecule has 7 heteroatoms. The Labute approximate surface area is 145 Å². The van der Waals surface area contributed by atoms with E-state index in [0.717, 1.165) is 11.4 Å². The third-order valence-corrected chi connectivity index (χ3v) is 3.14. The molecule has 0 unspecified atom stereocenters. The molecule has 0 saturated heterocycles. The fourth-order valence-corrected chi connectivity index (χ4v) is 2.15. The summed E-state index contributed by atoms with van der Waals surface area (Å²) >= 11 is 0. The SMILES string of the molecule is CC(C)Oc1ccc(Nc2cnnc(Nc3cccc(F)c3)n2)cc1. The Hall–Kier alpha value is -3.22. The molecule has 0 atom stereocenters. The highest BCUT2D eigenvalue weighted by Crippen LogP contribution is 2.20. The quantitative estimate of drug-likeness (QED) is 0.698. The fraction of sp³-hybridized carbons (Fsp3) is 0.167. The van der Waals surface area contributed by atoms with E-state index < -0.39 is 0 Å². The highest BCUT2D eigenvalue weighted by molar-refractivity contribution is 5.59. The summed E-state index contributed by atoms with van der Waals surface area (Å²) in [5, 5.41) is 13.9. The number of hydrogen-bond acceptors (Lipinski definition) is 6. The highest BCUT2D eigenvalue weighted by Gasteiger charge is 2.04. The van der Waals surface area contributed by atoms with Crippen LogP contribution in [0.1, 0.15) is 13.8 Å². The fourth-order valence-electron chi connectivity index (χ4n) is 2.15. The molecule has 3 aromatic rings. The van der Waals surface area contributed by atoms with Crippen LogP contribution in [0.15, 0.2) is 54.7 Å². The van der Waals surface area contributed by atoms with Crippen molar-refractivity contribution in [3.8, 4) is 5.75 Å². The summed E-state index contributed by atoms with van der Waals surface area (Å²) in [5.74, 6) is 1.26. The first-order valence-electron chi connectivity index (χ1n) is 7.84. The molecule has 0 aliphatic heterocycles. The van der Waals surface area contributed by atoms with E-state index in [1.807, 2.05) is 38.1 Å². The van der Waals surface area contributed by atoms with Gasteiger partial charge in [0.05, 0.1) is 12.3 Å². The van der Waals surface area contributed by atoms with Crippen molar-refractivity contribution in [1.29, 1.82) is 0 Å². The van der Waals surface area contributed by atoms with Crippen LogP contribution in [-0.2, 0) is 0 Å². The molecule has 0 aliphatic rings. The number of benzene rings is 2. The van der Waals surface area contributed by atoms with Crippen LogP contribution >= 0.6 is 0 Å². The van der Waals surface area contributed by atoms with Crippen LogP contribution in [0, 0.1) is 5.82 Å². The Balaban J connectivity index is 1.69. The molecule has 1 heterocycles. The van der Waals surface area contributed by atoms with E-state index in [1.165, 1.54) is 18.3 Å². The molecule has 0 amide bonds. The molecule has 2 N–H and O–H groups in total. The van der Waals surface area contributed by atoms with Crippen molar-refractivity contribution in [3.05, 3.63) is 60.5 Å². The van der Waals surface area contributed by atoms with Gasteiger partial charge in [-0.1, -0.05) is 6.07 Å². The van der Waals surface area contributed by atoms with Gasteiger partial charge < -0.3 is 15.4 Å². The average molecular weight is 339 g/mol. The maximum absolute atomic E-state index is 13.2. The molecule has 25 heavy (non-hydrogen) atoms. The minimum atomic E-state index is -0.337. The van der Waals surface area contributed by atoms with Gasteiger partial charge >= 0.3 is 0 Å². The zero-order valence-corrected chi connectivity index (χ0v) is 13.9. The largest absolute Gasteiger partial charge is 0.491 e. The molecular formula is C18H18FN5O.